The van der Waals surface area contributed by atoms with Crippen molar-refractivity contribution in [2.75, 3.05) is 13.7 Å². The number of carbonyl (C=O) groups is 2. The van der Waals surface area contributed by atoms with Crippen LogP contribution in [-0.2, 0) is 16.0 Å². The zero-order valence-electron chi connectivity index (χ0n) is 10.6. The van der Waals surface area contributed by atoms with Crippen LogP contribution in [0.25, 0.3) is 0 Å². The monoisotopic (exact) mass is 267 g/mol. The molecule has 1 amide bonds. The van der Waals surface area contributed by atoms with Gasteiger partial charge in [-0.25, -0.2) is 4.79 Å². The second-order valence-electron chi connectivity index (χ2n) is 4.31. The molecule has 1 unspecified atom stereocenters. The Labute approximate surface area is 111 Å². The van der Waals surface area contributed by atoms with Gasteiger partial charge in [-0.3, -0.25) is 4.79 Å². The number of thiophene rings is 1. The van der Waals surface area contributed by atoms with Crippen molar-refractivity contribution in [3.05, 3.63) is 21.9 Å². The fourth-order valence-corrected chi connectivity index (χ4v) is 3.27. The van der Waals surface area contributed by atoms with E-state index in [4.69, 9.17) is 4.74 Å². The van der Waals surface area contributed by atoms with Crippen LogP contribution in [0.1, 0.15) is 35.0 Å². The predicted molar refractivity (Wildman–Crippen MR) is 69.8 cm³/mol. The summed E-state index contributed by atoms with van der Waals surface area (Å²) in [6.07, 6.45) is 2.39. The van der Waals surface area contributed by atoms with Gasteiger partial charge in [0.05, 0.1) is 12.0 Å². The quantitative estimate of drug-likeness (QED) is 0.788. The van der Waals surface area contributed by atoms with Crippen molar-refractivity contribution in [2.24, 2.45) is 0 Å². The molecule has 0 aliphatic carbocycles. The minimum atomic E-state index is -0.408. The van der Waals surface area contributed by atoms with Gasteiger partial charge in [0.1, 0.15) is 6.04 Å². The lowest BCUT2D eigenvalue weighted by molar-refractivity contribution is -0.145. The first kappa shape index (κ1) is 13.1. The summed E-state index contributed by atoms with van der Waals surface area (Å²) in [6.45, 7) is 2.67. The van der Waals surface area contributed by atoms with E-state index in [9.17, 15) is 9.59 Å². The van der Waals surface area contributed by atoms with Crippen molar-refractivity contribution in [3.63, 3.8) is 0 Å². The SMILES string of the molecule is CCc1ccsc1C(=O)N1CCCC1C(=O)OC. The van der Waals surface area contributed by atoms with Gasteiger partial charge < -0.3 is 9.64 Å². The third kappa shape index (κ3) is 2.27. The average molecular weight is 267 g/mol. The molecule has 0 spiro atoms. The van der Waals surface area contributed by atoms with Crippen molar-refractivity contribution in [1.82, 2.24) is 4.90 Å². The Kier molecular flexibility index (Phi) is 4.01. The van der Waals surface area contributed by atoms with Gasteiger partial charge in [-0.2, -0.15) is 0 Å². The lowest BCUT2D eigenvalue weighted by Crippen LogP contribution is -2.41. The minimum absolute atomic E-state index is 0.0326. The topological polar surface area (TPSA) is 46.6 Å². The van der Waals surface area contributed by atoms with Gasteiger partial charge in [0.15, 0.2) is 0 Å². The van der Waals surface area contributed by atoms with Crippen molar-refractivity contribution >= 4 is 23.2 Å². The van der Waals surface area contributed by atoms with Crippen LogP contribution in [0.4, 0.5) is 0 Å². The van der Waals surface area contributed by atoms with E-state index in [1.54, 1.807) is 4.90 Å². The largest absolute Gasteiger partial charge is 0.467 e. The van der Waals surface area contributed by atoms with E-state index < -0.39 is 6.04 Å². The summed E-state index contributed by atoms with van der Waals surface area (Å²) in [4.78, 5) is 26.5. The standard InChI is InChI=1S/C13H17NO3S/c1-3-9-6-8-18-11(9)12(15)14-7-4-5-10(14)13(16)17-2/h6,8,10H,3-5,7H2,1-2H3. The number of rotatable bonds is 3. The number of likely N-dealkylation sites (tertiary alicyclic amines) is 1. The number of ether oxygens (including phenoxy) is 1. The van der Waals surface area contributed by atoms with E-state index >= 15 is 0 Å². The van der Waals surface area contributed by atoms with E-state index in [1.807, 2.05) is 18.4 Å². The number of aryl methyl sites for hydroxylation is 1. The van der Waals surface area contributed by atoms with Crippen LogP contribution >= 0.6 is 11.3 Å². The molecule has 1 fully saturated rings. The molecule has 18 heavy (non-hydrogen) atoms. The van der Waals surface area contributed by atoms with Gasteiger partial charge in [-0.15, -0.1) is 11.3 Å². The third-order valence-corrected chi connectivity index (χ3v) is 4.25. The molecule has 2 rings (SSSR count). The Morgan fingerprint density at radius 3 is 3.00 bits per heavy atom. The summed E-state index contributed by atoms with van der Waals surface area (Å²) in [6, 6.07) is 1.57. The predicted octanol–water partition coefficient (Wildman–Crippen LogP) is 2.09. The number of esters is 1. The van der Waals surface area contributed by atoms with Crippen LogP contribution in [0.5, 0.6) is 0 Å². The molecule has 1 aromatic heterocycles. The Morgan fingerprint density at radius 1 is 1.56 bits per heavy atom. The molecule has 4 nitrogen and oxygen atoms in total. The lowest BCUT2D eigenvalue weighted by atomic mass is 10.2. The van der Waals surface area contributed by atoms with E-state index in [2.05, 4.69) is 0 Å². The molecule has 1 aromatic rings. The number of methoxy groups -OCH3 is 1. The molecule has 0 radical (unpaired) electrons. The van der Waals surface area contributed by atoms with E-state index in [0.717, 1.165) is 23.3 Å². The van der Waals surface area contributed by atoms with Gasteiger partial charge in [0.25, 0.3) is 5.91 Å². The zero-order valence-corrected chi connectivity index (χ0v) is 11.5. The summed E-state index contributed by atoms with van der Waals surface area (Å²) in [5, 5.41) is 1.93. The molecule has 0 saturated carbocycles. The highest BCUT2D eigenvalue weighted by molar-refractivity contribution is 7.12. The highest BCUT2D eigenvalue weighted by Crippen LogP contribution is 2.25. The zero-order chi connectivity index (χ0) is 13.1. The molecule has 0 N–H and O–H groups in total. The molecule has 0 aromatic carbocycles. The molecular formula is C13H17NO3S. The second kappa shape index (κ2) is 5.52. The third-order valence-electron chi connectivity index (χ3n) is 3.31. The normalized spacial score (nSPS) is 19.0. The van der Waals surface area contributed by atoms with Crippen LogP contribution in [0.15, 0.2) is 11.4 Å². The maximum Gasteiger partial charge on any atom is 0.328 e. The first-order valence-corrected chi connectivity index (χ1v) is 7.02. The van der Waals surface area contributed by atoms with Crippen LogP contribution in [0.3, 0.4) is 0 Å². The summed E-state index contributed by atoms with van der Waals surface area (Å²) < 4.78 is 4.76. The Bertz CT molecular complexity index is 455. The van der Waals surface area contributed by atoms with E-state index in [1.165, 1.54) is 18.4 Å². The van der Waals surface area contributed by atoms with Gasteiger partial charge in [0, 0.05) is 6.54 Å². The van der Waals surface area contributed by atoms with Crippen LogP contribution in [0, 0.1) is 0 Å². The molecule has 98 valence electrons. The maximum atomic E-state index is 12.4. The number of hydrogen-bond acceptors (Lipinski definition) is 4. The first-order valence-electron chi connectivity index (χ1n) is 6.14. The number of amides is 1. The summed E-state index contributed by atoms with van der Waals surface area (Å²) in [5.74, 6) is -0.342. The van der Waals surface area contributed by atoms with Crippen LogP contribution < -0.4 is 0 Å². The fraction of sp³-hybridized carbons (Fsp3) is 0.538. The fourth-order valence-electron chi connectivity index (χ4n) is 2.32. The van der Waals surface area contributed by atoms with Gasteiger partial charge in [-0.1, -0.05) is 6.92 Å². The smallest absolute Gasteiger partial charge is 0.328 e. The first-order chi connectivity index (χ1) is 8.69. The Morgan fingerprint density at radius 2 is 2.33 bits per heavy atom. The lowest BCUT2D eigenvalue weighted by Gasteiger charge is -2.22. The molecule has 0 bridgehead atoms. The van der Waals surface area contributed by atoms with Gasteiger partial charge >= 0.3 is 5.97 Å². The number of nitrogens with zero attached hydrogens (tertiary/aromatic N) is 1. The summed E-state index contributed by atoms with van der Waals surface area (Å²) in [7, 11) is 1.37. The van der Waals surface area contributed by atoms with Crippen molar-refractivity contribution in [1.29, 1.82) is 0 Å². The molecule has 1 aliphatic heterocycles. The summed E-state index contributed by atoms with van der Waals surface area (Å²) in [5.41, 5.74) is 1.06. The molecule has 5 heteroatoms. The Balaban J connectivity index is 2.20. The van der Waals surface area contributed by atoms with Gasteiger partial charge in [-0.05, 0) is 36.3 Å². The van der Waals surface area contributed by atoms with E-state index in [-0.39, 0.29) is 11.9 Å². The molecule has 1 atom stereocenters. The van der Waals surface area contributed by atoms with Crippen molar-refractivity contribution < 1.29 is 14.3 Å². The summed E-state index contributed by atoms with van der Waals surface area (Å²) >= 11 is 1.45. The molecule has 1 saturated heterocycles. The van der Waals surface area contributed by atoms with Crippen molar-refractivity contribution in [2.45, 2.75) is 32.2 Å². The van der Waals surface area contributed by atoms with Gasteiger partial charge in [0.2, 0.25) is 0 Å². The molecular weight excluding hydrogens is 250 g/mol. The minimum Gasteiger partial charge on any atom is -0.467 e. The van der Waals surface area contributed by atoms with E-state index in [0.29, 0.717) is 13.0 Å². The number of hydrogen-bond donors (Lipinski definition) is 0. The second-order valence-corrected chi connectivity index (χ2v) is 5.22. The Hall–Kier alpha value is -1.36. The highest BCUT2D eigenvalue weighted by atomic mass is 32.1. The highest BCUT2D eigenvalue weighted by Gasteiger charge is 2.36. The maximum absolute atomic E-state index is 12.4. The molecule has 1 aliphatic rings. The number of carbonyl (C=O) groups excluding carboxylic acids is 2. The average Bonchev–Trinajstić information content (AvgIpc) is 3.04. The van der Waals surface area contributed by atoms with Crippen molar-refractivity contribution in [3.8, 4) is 0 Å². The van der Waals surface area contributed by atoms with Crippen LogP contribution in [0.2, 0.25) is 0 Å². The molecule has 2 heterocycles. The van der Waals surface area contributed by atoms with Crippen LogP contribution in [-0.4, -0.2) is 36.5 Å².